The molecule has 0 radical (unpaired) electrons. The number of anilines is 1. The first-order chi connectivity index (χ1) is 12.6. The molecule has 2 aromatic heterocycles. The average Bonchev–Trinajstić information content (AvgIpc) is 3.07. The van der Waals surface area contributed by atoms with E-state index in [9.17, 15) is 4.39 Å². The van der Waals surface area contributed by atoms with Crippen LogP contribution in [0.25, 0.3) is 16.8 Å². The number of halogens is 1. The van der Waals surface area contributed by atoms with Crippen LogP contribution in [0.1, 0.15) is 24.2 Å². The molecule has 1 atom stereocenters. The van der Waals surface area contributed by atoms with Crippen molar-refractivity contribution in [3.63, 3.8) is 0 Å². The molecular formula is C21H19FN4. The van der Waals surface area contributed by atoms with E-state index in [0.29, 0.717) is 0 Å². The molecule has 4 nitrogen and oxygen atoms in total. The highest BCUT2D eigenvalue weighted by Gasteiger charge is 2.14. The van der Waals surface area contributed by atoms with E-state index < -0.39 is 0 Å². The van der Waals surface area contributed by atoms with Crippen LogP contribution in [0.2, 0.25) is 0 Å². The molecule has 0 aliphatic rings. The Morgan fingerprint density at radius 2 is 1.77 bits per heavy atom. The van der Waals surface area contributed by atoms with Crippen LogP contribution in [0.15, 0.2) is 66.9 Å². The fraction of sp³-hybridized carbons (Fsp3) is 0.143. The van der Waals surface area contributed by atoms with Gasteiger partial charge in [0.15, 0.2) is 5.65 Å². The molecule has 5 heteroatoms. The largest absolute Gasteiger partial charge is 0.363 e. The first-order valence-corrected chi connectivity index (χ1v) is 8.54. The summed E-state index contributed by atoms with van der Waals surface area (Å²) in [6, 6.07) is 18.7. The summed E-state index contributed by atoms with van der Waals surface area (Å²) in [7, 11) is 0. The summed E-state index contributed by atoms with van der Waals surface area (Å²) in [6.45, 7) is 4.07. The third-order valence-electron chi connectivity index (χ3n) is 4.42. The number of nitrogens with one attached hydrogen (secondary N) is 1. The van der Waals surface area contributed by atoms with Gasteiger partial charge in [-0.1, -0.05) is 42.5 Å². The van der Waals surface area contributed by atoms with Crippen LogP contribution in [-0.4, -0.2) is 14.6 Å². The Labute approximate surface area is 151 Å². The molecule has 0 aliphatic carbocycles. The molecule has 26 heavy (non-hydrogen) atoms. The van der Waals surface area contributed by atoms with E-state index in [-0.39, 0.29) is 11.9 Å². The first-order valence-electron chi connectivity index (χ1n) is 8.54. The Hall–Kier alpha value is -3.21. The molecular weight excluding hydrogens is 327 g/mol. The molecule has 2 aromatic carbocycles. The van der Waals surface area contributed by atoms with Gasteiger partial charge < -0.3 is 5.32 Å². The highest BCUT2D eigenvalue weighted by atomic mass is 19.1. The summed E-state index contributed by atoms with van der Waals surface area (Å²) >= 11 is 0. The second kappa shape index (κ2) is 6.59. The Morgan fingerprint density at radius 1 is 1.04 bits per heavy atom. The number of aryl methyl sites for hydroxylation is 1. The van der Waals surface area contributed by atoms with E-state index >= 15 is 0 Å². The highest BCUT2D eigenvalue weighted by molar-refractivity contribution is 5.78. The molecule has 0 amide bonds. The van der Waals surface area contributed by atoms with E-state index in [0.717, 1.165) is 28.3 Å². The van der Waals surface area contributed by atoms with Gasteiger partial charge in [-0.3, -0.25) is 0 Å². The third kappa shape index (κ3) is 3.04. The standard InChI is InChI=1S/C21H19FN4/c1-14-12-20(25-15(2)16-6-4-3-5-7-16)26-21(24-14)19(13-23-26)17-8-10-18(22)11-9-17/h3-13,15,25H,1-2H3. The van der Waals surface area contributed by atoms with Gasteiger partial charge in [-0.05, 0) is 37.1 Å². The van der Waals surface area contributed by atoms with Gasteiger partial charge in [0, 0.05) is 23.4 Å². The lowest BCUT2D eigenvalue weighted by Gasteiger charge is -2.17. The Morgan fingerprint density at radius 3 is 2.50 bits per heavy atom. The Bertz CT molecular complexity index is 1040. The van der Waals surface area contributed by atoms with Gasteiger partial charge in [0.1, 0.15) is 11.6 Å². The first kappa shape index (κ1) is 16.3. The van der Waals surface area contributed by atoms with E-state index in [1.54, 1.807) is 22.8 Å². The summed E-state index contributed by atoms with van der Waals surface area (Å²) in [4.78, 5) is 4.64. The summed E-state index contributed by atoms with van der Waals surface area (Å²) in [5, 5.41) is 8.02. The zero-order valence-electron chi connectivity index (χ0n) is 14.6. The number of benzene rings is 2. The number of aromatic nitrogens is 3. The Balaban J connectivity index is 1.75. The molecule has 0 aliphatic heterocycles. The van der Waals surface area contributed by atoms with Crippen molar-refractivity contribution >= 4 is 11.5 Å². The van der Waals surface area contributed by atoms with Crippen LogP contribution in [0.4, 0.5) is 10.2 Å². The summed E-state index contributed by atoms with van der Waals surface area (Å²) in [5.41, 5.74) is 4.61. The predicted molar refractivity (Wildman–Crippen MR) is 102 cm³/mol. The van der Waals surface area contributed by atoms with Crippen LogP contribution >= 0.6 is 0 Å². The summed E-state index contributed by atoms with van der Waals surface area (Å²) in [6.07, 6.45) is 1.77. The summed E-state index contributed by atoms with van der Waals surface area (Å²) < 4.78 is 15.0. The fourth-order valence-corrected chi connectivity index (χ4v) is 3.07. The minimum absolute atomic E-state index is 0.125. The van der Waals surface area contributed by atoms with E-state index in [4.69, 9.17) is 0 Å². The highest BCUT2D eigenvalue weighted by Crippen LogP contribution is 2.27. The van der Waals surface area contributed by atoms with Crippen LogP contribution < -0.4 is 5.32 Å². The molecule has 0 saturated heterocycles. The number of nitrogens with zero attached hydrogens (tertiary/aromatic N) is 3. The quantitative estimate of drug-likeness (QED) is 0.564. The molecule has 4 rings (SSSR count). The predicted octanol–water partition coefficient (Wildman–Crippen LogP) is 5.02. The minimum Gasteiger partial charge on any atom is -0.363 e. The molecule has 1 N–H and O–H groups in total. The number of hydrogen-bond acceptors (Lipinski definition) is 3. The lowest BCUT2D eigenvalue weighted by atomic mass is 10.1. The normalized spacial score (nSPS) is 12.3. The van der Waals surface area contributed by atoms with Crippen LogP contribution in [0, 0.1) is 12.7 Å². The lowest BCUT2D eigenvalue weighted by molar-refractivity contribution is 0.628. The van der Waals surface area contributed by atoms with Crippen LogP contribution in [0.3, 0.4) is 0 Å². The molecule has 1 unspecified atom stereocenters. The molecule has 2 heterocycles. The topological polar surface area (TPSA) is 42.2 Å². The van der Waals surface area contributed by atoms with E-state index in [2.05, 4.69) is 34.5 Å². The molecule has 0 bridgehead atoms. The van der Waals surface area contributed by atoms with Gasteiger partial charge in [0.2, 0.25) is 0 Å². The maximum Gasteiger partial charge on any atom is 0.165 e. The van der Waals surface area contributed by atoms with Gasteiger partial charge in [-0.2, -0.15) is 9.61 Å². The molecule has 4 aromatic rings. The second-order valence-electron chi connectivity index (χ2n) is 6.36. The summed E-state index contributed by atoms with van der Waals surface area (Å²) in [5.74, 6) is 0.616. The number of rotatable bonds is 4. The second-order valence-corrected chi connectivity index (χ2v) is 6.36. The molecule has 0 spiro atoms. The van der Waals surface area contributed by atoms with Crippen molar-refractivity contribution in [2.75, 3.05) is 5.32 Å². The zero-order valence-corrected chi connectivity index (χ0v) is 14.6. The van der Waals surface area contributed by atoms with Crippen molar-refractivity contribution in [3.8, 4) is 11.1 Å². The van der Waals surface area contributed by atoms with E-state index in [1.165, 1.54) is 17.7 Å². The van der Waals surface area contributed by atoms with Gasteiger partial charge in [0.05, 0.1) is 6.20 Å². The monoisotopic (exact) mass is 346 g/mol. The molecule has 0 fully saturated rings. The van der Waals surface area contributed by atoms with Gasteiger partial charge in [0.25, 0.3) is 0 Å². The van der Waals surface area contributed by atoms with Crippen LogP contribution in [-0.2, 0) is 0 Å². The van der Waals surface area contributed by atoms with Gasteiger partial charge >= 0.3 is 0 Å². The van der Waals surface area contributed by atoms with Crippen LogP contribution in [0.5, 0.6) is 0 Å². The lowest BCUT2D eigenvalue weighted by Crippen LogP contribution is -2.11. The number of hydrogen-bond donors (Lipinski definition) is 1. The number of fused-ring (bicyclic) bond motifs is 1. The average molecular weight is 346 g/mol. The SMILES string of the molecule is Cc1cc(NC(C)c2ccccc2)n2ncc(-c3ccc(F)cc3)c2n1. The smallest absolute Gasteiger partial charge is 0.165 e. The zero-order chi connectivity index (χ0) is 18.1. The van der Waals surface area contributed by atoms with Gasteiger partial charge in [-0.25, -0.2) is 9.37 Å². The van der Waals surface area contributed by atoms with E-state index in [1.807, 2.05) is 31.2 Å². The minimum atomic E-state index is -0.256. The van der Waals surface area contributed by atoms with Crippen molar-refractivity contribution in [1.29, 1.82) is 0 Å². The molecule has 130 valence electrons. The van der Waals surface area contributed by atoms with Crippen molar-refractivity contribution in [1.82, 2.24) is 14.6 Å². The maximum atomic E-state index is 13.2. The van der Waals surface area contributed by atoms with Crippen molar-refractivity contribution in [3.05, 3.63) is 83.9 Å². The van der Waals surface area contributed by atoms with Gasteiger partial charge in [-0.15, -0.1) is 0 Å². The van der Waals surface area contributed by atoms with Crippen molar-refractivity contribution in [2.45, 2.75) is 19.9 Å². The molecule has 0 saturated carbocycles. The fourth-order valence-electron chi connectivity index (χ4n) is 3.07. The van der Waals surface area contributed by atoms with Crippen molar-refractivity contribution < 1.29 is 4.39 Å². The maximum absolute atomic E-state index is 13.2. The third-order valence-corrected chi connectivity index (χ3v) is 4.42. The van der Waals surface area contributed by atoms with Crippen molar-refractivity contribution in [2.24, 2.45) is 0 Å². The Kier molecular flexibility index (Phi) is 4.13.